The van der Waals surface area contributed by atoms with E-state index in [9.17, 15) is 13.2 Å². The van der Waals surface area contributed by atoms with Crippen molar-refractivity contribution in [2.45, 2.75) is 19.6 Å². The van der Waals surface area contributed by atoms with Gasteiger partial charge in [0.2, 0.25) is 0 Å². The predicted octanol–water partition coefficient (Wildman–Crippen LogP) is 2.57. The Kier molecular flexibility index (Phi) is 4.39. The van der Waals surface area contributed by atoms with Crippen molar-refractivity contribution in [1.29, 1.82) is 0 Å². The summed E-state index contributed by atoms with van der Waals surface area (Å²) in [6.45, 7) is 4.28. The van der Waals surface area contributed by atoms with Gasteiger partial charge < -0.3 is 5.32 Å². The van der Waals surface area contributed by atoms with Gasteiger partial charge in [-0.3, -0.25) is 4.68 Å². The second-order valence-corrected chi connectivity index (χ2v) is 4.22. The number of aromatic nitrogens is 3. The molecule has 108 valence electrons. The number of likely N-dealkylation sites (N-methyl/N-ethyl adjacent to an activating group) is 1. The molecule has 4 nitrogen and oxygen atoms in total. The van der Waals surface area contributed by atoms with Gasteiger partial charge in [-0.2, -0.15) is 18.3 Å². The first-order chi connectivity index (χ1) is 9.50. The molecule has 0 aromatic carbocycles. The van der Waals surface area contributed by atoms with Gasteiger partial charge in [-0.25, -0.2) is 4.98 Å². The van der Waals surface area contributed by atoms with Crippen LogP contribution in [-0.4, -0.2) is 27.9 Å². The van der Waals surface area contributed by atoms with Gasteiger partial charge in [-0.15, -0.1) is 0 Å². The molecule has 2 aromatic rings. The standard InChI is InChI=1S/C13H15F3N4/c1-2-17-7-9-20-8-6-11(19-20)10-4-3-5-12(18-10)13(14,15)16/h3-6,8,17H,2,7,9H2,1H3. The number of alkyl halides is 3. The number of nitrogens with one attached hydrogen (secondary N) is 1. The van der Waals surface area contributed by atoms with E-state index in [0.29, 0.717) is 12.2 Å². The summed E-state index contributed by atoms with van der Waals surface area (Å²) in [5, 5.41) is 7.37. The second-order valence-electron chi connectivity index (χ2n) is 4.22. The molecular weight excluding hydrogens is 269 g/mol. The van der Waals surface area contributed by atoms with Crippen molar-refractivity contribution in [3.63, 3.8) is 0 Å². The summed E-state index contributed by atoms with van der Waals surface area (Å²) < 4.78 is 39.5. The van der Waals surface area contributed by atoms with E-state index in [-0.39, 0.29) is 5.69 Å². The highest BCUT2D eigenvalue weighted by molar-refractivity contribution is 5.53. The van der Waals surface area contributed by atoms with Gasteiger partial charge in [-0.1, -0.05) is 13.0 Å². The summed E-state index contributed by atoms with van der Waals surface area (Å²) in [7, 11) is 0. The molecule has 2 heterocycles. The zero-order valence-corrected chi connectivity index (χ0v) is 11.0. The Labute approximate surface area is 114 Å². The van der Waals surface area contributed by atoms with Crippen molar-refractivity contribution < 1.29 is 13.2 Å². The Balaban J connectivity index is 2.16. The summed E-state index contributed by atoms with van der Waals surface area (Å²) in [5.74, 6) is 0. The summed E-state index contributed by atoms with van der Waals surface area (Å²) in [5.41, 5.74) is -0.244. The van der Waals surface area contributed by atoms with E-state index in [1.54, 1.807) is 16.9 Å². The minimum Gasteiger partial charge on any atom is -0.315 e. The van der Waals surface area contributed by atoms with Gasteiger partial charge in [0, 0.05) is 12.7 Å². The van der Waals surface area contributed by atoms with Crippen LogP contribution >= 0.6 is 0 Å². The molecule has 0 radical (unpaired) electrons. The highest BCUT2D eigenvalue weighted by Crippen LogP contribution is 2.28. The average molecular weight is 284 g/mol. The zero-order chi connectivity index (χ0) is 14.6. The van der Waals surface area contributed by atoms with Crippen LogP contribution in [0.25, 0.3) is 11.4 Å². The van der Waals surface area contributed by atoms with Crippen LogP contribution in [-0.2, 0) is 12.7 Å². The van der Waals surface area contributed by atoms with Crippen LogP contribution < -0.4 is 5.32 Å². The third-order valence-corrected chi connectivity index (χ3v) is 2.71. The lowest BCUT2D eigenvalue weighted by Gasteiger charge is -2.06. The predicted molar refractivity (Wildman–Crippen MR) is 69.0 cm³/mol. The van der Waals surface area contributed by atoms with Crippen LogP contribution in [0.2, 0.25) is 0 Å². The number of pyridine rings is 1. The van der Waals surface area contributed by atoms with Crippen LogP contribution in [0, 0.1) is 0 Å². The molecule has 1 N–H and O–H groups in total. The van der Waals surface area contributed by atoms with Crippen LogP contribution in [0.15, 0.2) is 30.5 Å². The Bertz CT molecular complexity index is 563. The summed E-state index contributed by atoms with van der Waals surface area (Å²) >= 11 is 0. The third-order valence-electron chi connectivity index (χ3n) is 2.71. The minimum absolute atomic E-state index is 0.224. The van der Waals surface area contributed by atoms with Gasteiger partial charge in [0.25, 0.3) is 0 Å². The molecule has 20 heavy (non-hydrogen) atoms. The molecule has 7 heteroatoms. The van der Waals surface area contributed by atoms with Crippen LogP contribution in [0.4, 0.5) is 13.2 Å². The fourth-order valence-corrected chi connectivity index (χ4v) is 1.73. The van der Waals surface area contributed by atoms with E-state index in [1.165, 1.54) is 12.1 Å². The van der Waals surface area contributed by atoms with Crippen molar-refractivity contribution in [1.82, 2.24) is 20.1 Å². The normalized spacial score (nSPS) is 11.8. The van der Waals surface area contributed by atoms with Gasteiger partial charge in [0.05, 0.1) is 12.2 Å². The van der Waals surface area contributed by atoms with Crippen molar-refractivity contribution in [2.75, 3.05) is 13.1 Å². The lowest BCUT2D eigenvalue weighted by atomic mass is 10.2. The molecule has 0 aliphatic heterocycles. The Hall–Kier alpha value is -1.89. The largest absolute Gasteiger partial charge is 0.433 e. The molecule has 0 fully saturated rings. The maximum absolute atomic E-state index is 12.6. The van der Waals surface area contributed by atoms with E-state index in [1.807, 2.05) is 6.92 Å². The lowest BCUT2D eigenvalue weighted by Crippen LogP contribution is -2.19. The highest BCUT2D eigenvalue weighted by Gasteiger charge is 2.32. The van der Waals surface area contributed by atoms with Crippen molar-refractivity contribution >= 4 is 0 Å². The molecule has 2 aromatic heterocycles. The molecule has 0 spiro atoms. The molecule has 0 atom stereocenters. The van der Waals surface area contributed by atoms with E-state index in [2.05, 4.69) is 15.4 Å². The molecule has 0 unspecified atom stereocenters. The molecular formula is C13H15F3N4. The van der Waals surface area contributed by atoms with E-state index >= 15 is 0 Å². The average Bonchev–Trinajstić information content (AvgIpc) is 2.87. The number of hydrogen-bond donors (Lipinski definition) is 1. The van der Waals surface area contributed by atoms with Crippen molar-refractivity contribution in [2.24, 2.45) is 0 Å². The Morgan fingerprint density at radius 2 is 2.00 bits per heavy atom. The molecule has 0 bridgehead atoms. The number of nitrogens with zero attached hydrogens (tertiary/aromatic N) is 3. The second kappa shape index (κ2) is 6.04. The number of halogens is 3. The first-order valence-electron chi connectivity index (χ1n) is 6.29. The topological polar surface area (TPSA) is 42.7 Å². The summed E-state index contributed by atoms with van der Waals surface area (Å²) in [6, 6.07) is 5.47. The molecule has 0 aliphatic carbocycles. The monoisotopic (exact) mass is 284 g/mol. The fraction of sp³-hybridized carbons (Fsp3) is 0.385. The highest BCUT2D eigenvalue weighted by atomic mass is 19.4. The Morgan fingerprint density at radius 1 is 1.20 bits per heavy atom. The molecule has 0 aliphatic rings. The maximum Gasteiger partial charge on any atom is 0.433 e. The Morgan fingerprint density at radius 3 is 2.70 bits per heavy atom. The zero-order valence-electron chi connectivity index (χ0n) is 11.0. The van der Waals surface area contributed by atoms with E-state index in [0.717, 1.165) is 19.2 Å². The fourth-order valence-electron chi connectivity index (χ4n) is 1.73. The molecule has 0 saturated carbocycles. The first-order valence-corrected chi connectivity index (χ1v) is 6.29. The van der Waals surface area contributed by atoms with E-state index in [4.69, 9.17) is 0 Å². The third kappa shape index (κ3) is 3.57. The van der Waals surface area contributed by atoms with Crippen molar-refractivity contribution in [3.8, 4) is 11.4 Å². The number of hydrogen-bond acceptors (Lipinski definition) is 3. The van der Waals surface area contributed by atoms with Crippen LogP contribution in [0.1, 0.15) is 12.6 Å². The van der Waals surface area contributed by atoms with Gasteiger partial charge in [0.1, 0.15) is 11.4 Å². The van der Waals surface area contributed by atoms with Crippen LogP contribution in [0.3, 0.4) is 0 Å². The molecule has 2 rings (SSSR count). The summed E-state index contributed by atoms with van der Waals surface area (Å²) in [6.07, 6.45) is -2.71. The number of rotatable bonds is 5. The van der Waals surface area contributed by atoms with Crippen LogP contribution in [0.5, 0.6) is 0 Å². The van der Waals surface area contributed by atoms with Gasteiger partial charge in [0.15, 0.2) is 0 Å². The van der Waals surface area contributed by atoms with Crippen molar-refractivity contribution in [3.05, 3.63) is 36.2 Å². The maximum atomic E-state index is 12.6. The SMILES string of the molecule is CCNCCn1ccc(-c2cccc(C(F)(F)F)n2)n1. The van der Waals surface area contributed by atoms with Gasteiger partial charge in [-0.05, 0) is 24.7 Å². The quantitative estimate of drug-likeness (QED) is 0.858. The first kappa shape index (κ1) is 14.5. The van der Waals surface area contributed by atoms with Gasteiger partial charge >= 0.3 is 6.18 Å². The summed E-state index contributed by atoms with van der Waals surface area (Å²) in [4.78, 5) is 3.61. The smallest absolute Gasteiger partial charge is 0.315 e. The van der Waals surface area contributed by atoms with E-state index < -0.39 is 11.9 Å². The lowest BCUT2D eigenvalue weighted by molar-refractivity contribution is -0.141. The molecule has 0 saturated heterocycles. The minimum atomic E-state index is -4.44. The molecule has 0 amide bonds.